The predicted molar refractivity (Wildman–Crippen MR) is 81.6 cm³/mol. The van der Waals surface area contributed by atoms with E-state index < -0.39 is 5.60 Å². The first-order valence-electron chi connectivity index (χ1n) is 7.37. The van der Waals surface area contributed by atoms with E-state index in [9.17, 15) is 5.11 Å². The summed E-state index contributed by atoms with van der Waals surface area (Å²) < 4.78 is 0. The third-order valence-electron chi connectivity index (χ3n) is 4.63. The molecular weight excluding hydrogens is 256 g/mol. The molecule has 1 aliphatic rings. The largest absolute Gasteiger partial charge is 0.390 e. The Hall–Kier alpha value is -0.530. The van der Waals surface area contributed by atoms with Crippen molar-refractivity contribution in [3.63, 3.8) is 0 Å². The molecule has 2 heteroatoms. The van der Waals surface area contributed by atoms with Gasteiger partial charge in [-0.2, -0.15) is 0 Å². The zero-order valence-corrected chi connectivity index (χ0v) is 13.0. The van der Waals surface area contributed by atoms with Crippen molar-refractivity contribution < 1.29 is 5.11 Å². The summed E-state index contributed by atoms with van der Waals surface area (Å²) in [5.41, 5.74) is 1.70. The molecule has 0 amide bonds. The average Bonchev–Trinajstić information content (AvgIpc) is 2.33. The van der Waals surface area contributed by atoms with Crippen LogP contribution in [0, 0.1) is 18.8 Å². The van der Waals surface area contributed by atoms with E-state index >= 15 is 0 Å². The van der Waals surface area contributed by atoms with Crippen LogP contribution in [-0.2, 0) is 6.42 Å². The van der Waals surface area contributed by atoms with Crippen molar-refractivity contribution in [3.05, 3.63) is 34.3 Å². The van der Waals surface area contributed by atoms with E-state index in [0.29, 0.717) is 6.42 Å². The summed E-state index contributed by atoms with van der Waals surface area (Å²) in [4.78, 5) is 0. The minimum absolute atomic E-state index is 0.551. The molecule has 1 aromatic rings. The summed E-state index contributed by atoms with van der Waals surface area (Å²) in [7, 11) is 0. The van der Waals surface area contributed by atoms with Gasteiger partial charge in [-0.3, -0.25) is 0 Å². The lowest BCUT2D eigenvalue weighted by molar-refractivity contribution is -0.0146. The van der Waals surface area contributed by atoms with Crippen LogP contribution in [0.2, 0.25) is 5.02 Å². The third-order valence-corrected chi connectivity index (χ3v) is 4.98. The summed E-state index contributed by atoms with van der Waals surface area (Å²) in [5.74, 6) is 1.50. The van der Waals surface area contributed by atoms with E-state index in [4.69, 9.17) is 11.6 Å². The first-order chi connectivity index (χ1) is 8.89. The Morgan fingerprint density at radius 1 is 1.32 bits per heavy atom. The Morgan fingerprint density at radius 3 is 2.47 bits per heavy atom. The van der Waals surface area contributed by atoms with Gasteiger partial charge in [0.15, 0.2) is 0 Å². The minimum Gasteiger partial charge on any atom is -0.390 e. The Balaban J connectivity index is 2.03. The van der Waals surface area contributed by atoms with Gasteiger partial charge >= 0.3 is 0 Å². The maximum absolute atomic E-state index is 10.8. The second-order valence-corrected chi connectivity index (χ2v) is 6.98. The van der Waals surface area contributed by atoms with Crippen LogP contribution >= 0.6 is 11.6 Å². The standard InChI is InChI=1S/C17H25ClO/c1-12(2)14-6-8-17(19,9-7-14)11-15-5-4-13(3)10-16(15)18/h4-5,10,12,14,19H,6-9,11H2,1-3H3. The lowest BCUT2D eigenvalue weighted by atomic mass is 9.72. The highest BCUT2D eigenvalue weighted by Gasteiger charge is 2.34. The first kappa shape index (κ1) is 14.9. The molecule has 0 spiro atoms. The highest BCUT2D eigenvalue weighted by atomic mass is 35.5. The van der Waals surface area contributed by atoms with Gasteiger partial charge in [-0.05, 0) is 61.6 Å². The molecule has 1 nitrogen and oxygen atoms in total. The minimum atomic E-state index is -0.551. The maximum atomic E-state index is 10.8. The van der Waals surface area contributed by atoms with Gasteiger partial charge in [0.1, 0.15) is 0 Å². The molecule has 1 saturated carbocycles. The van der Waals surface area contributed by atoms with Crippen molar-refractivity contribution in [1.29, 1.82) is 0 Å². The molecule has 0 unspecified atom stereocenters. The van der Waals surface area contributed by atoms with Crippen LogP contribution in [0.5, 0.6) is 0 Å². The van der Waals surface area contributed by atoms with E-state index in [1.54, 1.807) is 0 Å². The zero-order chi connectivity index (χ0) is 14.0. The number of hydrogen-bond acceptors (Lipinski definition) is 1. The monoisotopic (exact) mass is 280 g/mol. The molecule has 1 fully saturated rings. The van der Waals surface area contributed by atoms with E-state index in [2.05, 4.69) is 26.0 Å². The average molecular weight is 281 g/mol. The summed E-state index contributed by atoms with van der Waals surface area (Å²) in [6.07, 6.45) is 4.77. The van der Waals surface area contributed by atoms with Gasteiger partial charge in [0.05, 0.1) is 5.60 Å². The van der Waals surface area contributed by atoms with Crippen LogP contribution in [-0.4, -0.2) is 10.7 Å². The second kappa shape index (κ2) is 5.85. The fourth-order valence-corrected chi connectivity index (χ4v) is 3.47. The zero-order valence-electron chi connectivity index (χ0n) is 12.2. The quantitative estimate of drug-likeness (QED) is 0.846. The van der Waals surface area contributed by atoms with E-state index in [1.807, 2.05) is 13.0 Å². The first-order valence-corrected chi connectivity index (χ1v) is 7.75. The van der Waals surface area contributed by atoms with Crippen LogP contribution in [0.15, 0.2) is 18.2 Å². The number of aliphatic hydroxyl groups is 1. The smallest absolute Gasteiger partial charge is 0.0688 e. The maximum Gasteiger partial charge on any atom is 0.0688 e. The van der Waals surface area contributed by atoms with Crippen molar-refractivity contribution in [1.82, 2.24) is 0 Å². The Kier molecular flexibility index (Phi) is 4.58. The number of aryl methyl sites for hydroxylation is 1. The van der Waals surface area contributed by atoms with Crippen LogP contribution in [0.3, 0.4) is 0 Å². The molecule has 0 bridgehead atoms. The van der Waals surface area contributed by atoms with Crippen LogP contribution in [0.25, 0.3) is 0 Å². The number of benzene rings is 1. The highest BCUT2D eigenvalue weighted by molar-refractivity contribution is 6.31. The Labute approximate surface area is 122 Å². The van der Waals surface area contributed by atoms with E-state index in [0.717, 1.165) is 48.1 Å². The fourth-order valence-electron chi connectivity index (χ4n) is 3.17. The SMILES string of the molecule is Cc1ccc(CC2(O)CCC(C(C)C)CC2)c(Cl)c1. The van der Waals surface area contributed by atoms with Gasteiger partial charge in [0.2, 0.25) is 0 Å². The Bertz CT molecular complexity index is 431. The van der Waals surface area contributed by atoms with Gasteiger partial charge in [0.25, 0.3) is 0 Å². The van der Waals surface area contributed by atoms with Crippen molar-refractivity contribution in [2.75, 3.05) is 0 Å². The highest BCUT2D eigenvalue weighted by Crippen LogP contribution is 2.38. The van der Waals surface area contributed by atoms with Gasteiger partial charge in [-0.15, -0.1) is 0 Å². The predicted octanol–water partition coefficient (Wildman–Crippen LogP) is 4.77. The molecule has 106 valence electrons. The van der Waals surface area contributed by atoms with Crippen molar-refractivity contribution in [2.24, 2.45) is 11.8 Å². The molecule has 0 atom stereocenters. The molecule has 1 aromatic carbocycles. The van der Waals surface area contributed by atoms with E-state index in [-0.39, 0.29) is 0 Å². The molecule has 1 aliphatic carbocycles. The van der Waals surface area contributed by atoms with Crippen molar-refractivity contribution >= 4 is 11.6 Å². The topological polar surface area (TPSA) is 20.2 Å². The third kappa shape index (κ3) is 3.73. The Morgan fingerprint density at radius 2 is 1.95 bits per heavy atom. The van der Waals surface area contributed by atoms with Gasteiger partial charge in [-0.25, -0.2) is 0 Å². The van der Waals surface area contributed by atoms with Crippen LogP contribution < -0.4 is 0 Å². The van der Waals surface area contributed by atoms with Crippen molar-refractivity contribution in [3.8, 4) is 0 Å². The number of hydrogen-bond donors (Lipinski definition) is 1. The van der Waals surface area contributed by atoms with Gasteiger partial charge < -0.3 is 5.11 Å². The second-order valence-electron chi connectivity index (χ2n) is 6.58. The van der Waals surface area contributed by atoms with Crippen LogP contribution in [0.1, 0.15) is 50.7 Å². The molecule has 2 rings (SSSR count). The molecule has 0 aromatic heterocycles. The number of halogens is 1. The lowest BCUT2D eigenvalue weighted by Gasteiger charge is -2.37. The molecule has 19 heavy (non-hydrogen) atoms. The van der Waals surface area contributed by atoms with E-state index in [1.165, 1.54) is 5.56 Å². The summed E-state index contributed by atoms with van der Waals surface area (Å²) in [6.45, 7) is 6.61. The molecule has 0 saturated heterocycles. The van der Waals surface area contributed by atoms with Gasteiger partial charge in [-0.1, -0.05) is 37.6 Å². The summed E-state index contributed by atoms with van der Waals surface area (Å²) in [5, 5.41) is 11.6. The normalized spacial score (nSPS) is 27.8. The summed E-state index contributed by atoms with van der Waals surface area (Å²) >= 11 is 6.28. The summed E-state index contributed by atoms with van der Waals surface area (Å²) in [6, 6.07) is 6.12. The molecule has 0 heterocycles. The molecular formula is C17H25ClO. The molecule has 0 aliphatic heterocycles. The van der Waals surface area contributed by atoms with Crippen molar-refractivity contribution in [2.45, 2.75) is 58.5 Å². The lowest BCUT2D eigenvalue weighted by Crippen LogP contribution is -2.37. The van der Waals surface area contributed by atoms with Gasteiger partial charge in [0, 0.05) is 11.4 Å². The van der Waals surface area contributed by atoms with Crippen LogP contribution in [0.4, 0.5) is 0 Å². The number of rotatable bonds is 3. The molecule has 1 N–H and O–H groups in total. The fraction of sp³-hybridized carbons (Fsp3) is 0.647. The molecule has 0 radical (unpaired) electrons.